The van der Waals surface area contributed by atoms with E-state index in [0.29, 0.717) is 11.6 Å². The zero-order chi connectivity index (χ0) is 24.9. The summed E-state index contributed by atoms with van der Waals surface area (Å²) in [5, 5.41) is 33.7. The van der Waals surface area contributed by atoms with Gasteiger partial charge in [-0.25, -0.2) is 4.99 Å². The zero-order valence-corrected chi connectivity index (χ0v) is 17.0. The highest BCUT2D eigenvalue weighted by Crippen LogP contribution is 2.48. The Balaban J connectivity index is 2.08. The molecule has 0 spiro atoms. The number of hydrogen-bond acceptors (Lipinski definition) is 7. The van der Waals surface area contributed by atoms with Crippen LogP contribution in [0.2, 0.25) is 0 Å². The van der Waals surface area contributed by atoms with E-state index in [9.17, 15) is 43.5 Å². The first-order valence-corrected chi connectivity index (χ1v) is 9.41. The van der Waals surface area contributed by atoms with Crippen LogP contribution < -0.4 is 0 Å². The largest absolute Gasteiger partial charge is 0.417 e. The molecule has 1 aliphatic carbocycles. The Hall–Kier alpha value is -4.68. The molecule has 3 aromatic rings. The Morgan fingerprint density at radius 2 is 1.29 bits per heavy atom. The van der Waals surface area contributed by atoms with Crippen molar-refractivity contribution in [1.29, 1.82) is 0 Å². The number of rotatable bonds is 4. The van der Waals surface area contributed by atoms with Crippen molar-refractivity contribution in [3.63, 3.8) is 0 Å². The van der Waals surface area contributed by atoms with Gasteiger partial charge in [0.05, 0.1) is 31.7 Å². The second-order valence-corrected chi connectivity index (χ2v) is 7.35. The summed E-state index contributed by atoms with van der Waals surface area (Å²) in [5.41, 5.74) is -3.12. The minimum atomic E-state index is -4.96. The van der Waals surface area contributed by atoms with E-state index in [-0.39, 0.29) is 39.3 Å². The van der Waals surface area contributed by atoms with Crippen molar-refractivity contribution in [2.75, 3.05) is 0 Å². The lowest BCUT2D eigenvalue weighted by Crippen LogP contribution is -2.09. The van der Waals surface area contributed by atoms with Gasteiger partial charge in [-0.3, -0.25) is 30.3 Å². The quantitative estimate of drug-likeness (QED) is 0.268. The van der Waals surface area contributed by atoms with Crippen LogP contribution >= 0.6 is 0 Å². The van der Waals surface area contributed by atoms with Crippen molar-refractivity contribution in [3.8, 4) is 11.1 Å². The first-order chi connectivity index (χ1) is 15.9. The second kappa shape index (κ2) is 7.72. The maximum absolute atomic E-state index is 13.9. The molecule has 3 aromatic carbocycles. The number of benzene rings is 3. The van der Waals surface area contributed by atoms with Gasteiger partial charge in [0.2, 0.25) is 0 Å². The minimum absolute atomic E-state index is 0.0204. The van der Waals surface area contributed by atoms with Crippen LogP contribution in [0.1, 0.15) is 22.3 Å². The molecule has 172 valence electrons. The maximum atomic E-state index is 13.9. The Bertz CT molecular complexity index is 1450. The Kier molecular flexibility index (Phi) is 5.11. The third-order valence-corrected chi connectivity index (χ3v) is 5.26. The number of hydrogen-bond donors (Lipinski definition) is 0. The molecule has 0 N–H and O–H groups in total. The summed E-state index contributed by atoms with van der Waals surface area (Å²) in [6.07, 6.45) is -4.96. The third kappa shape index (κ3) is 3.72. The third-order valence-electron chi connectivity index (χ3n) is 5.26. The molecule has 10 nitrogen and oxygen atoms in total. The normalized spacial score (nSPS) is 13.5. The second-order valence-electron chi connectivity index (χ2n) is 7.35. The molecule has 0 atom stereocenters. The molecule has 1 aliphatic rings. The molecule has 0 amide bonds. The van der Waals surface area contributed by atoms with Crippen LogP contribution in [0.5, 0.6) is 0 Å². The van der Waals surface area contributed by atoms with Crippen molar-refractivity contribution in [3.05, 3.63) is 101 Å². The Labute approximate surface area is 187 Å². The number of non-ortho nitro benzene ring substituents is 3. The van der Waals surface area contributed by atoms with E-state index in [1.165, 1.54) is 19.1 Å². The highest BCUT2D eigenvalue weighted by molar-refractivity contribution is 6.26. The molecule has 0 fully saturated rings. The molecule has 0 aromatic heterocycles. The maximum Gasteiger partial charge on any atom is 0.417 e. The van der Waals surface area contributed by atoms with E-state index in [1.807, 2.05) is 0 Å². The lowest BCUT2D eigenvalue weighted by atomic mass is 9.98. The van der Waals surface area contributed by atoms with Crippen molar-refractivity contribution in [2.24, 2.45) is 4.99 Å². The van der Waals surface area contributed by atoms with E-state index in [4.69, 9.17) is 0 Å². The fourth-order valence-electron chi connectivity index (χ4n) is 3.76. The number of nitro benzene ring substituents is 3. The smallest absolute Gasteiger partial charge is 0.258 e. The van der Waals surface area contributed by atoms with Crippen LogP contribution in [0.25, 0.3) is 11.1 Å². The van der Waals surface area contributed by atoms with Crippen LogP contribution in [0.3, 0.4) is 0 Å². The number of alkyl halides is 3. The molecule has 0 bridgehead atoms. The summed E-state index contributed by atoms with van der Waals surface area (Å²) in [6, 6.07) is 8.17. The zero-order valence-electron chi connectivity index (χ0n) is 17.0. The molecule has 0 saturated carbocycles. The van der Waals surface area contributed by atoms with E-state index in [1.54, 1.807) is 0 Å². The summed E-state index contributed by atoms with van der Waals surface area (Å²) in [6.45, 7) is 1.49. The number of nitrogens with zero attached hydrogens (tertiary/aromatic N) is 4. The van der Waals surface area contributed by atoms with Gasteiger partial charge in [0.1, 0.15) is 0 Å². The average molecular weight is 472 g/mol. The van der Waals surface area contributed by atoms with Gasteiger partial charge in [-0.2, -0.15) is 13.2 Å². The predicted octanol–water partition coefficient (Wildman–Crippen LogP) is 5.89. The molecular formula is C21H11F3N4O6. The first kappa shape index (κ1) is 22.5. The first-order valence-electron chi connectivity index (χ1n) is 9.41. The standard InChI is InChI=1S/C21H11F3N4O6/c1-10-6-11(26(29)30)3-5-18(10)25-20-15-7-12(27(31)32)2-4-14(15)19-16(20)8-13(28(33)34)9-17(19)21(22,23)24/h2-9H,1H3. The van der Waals surface area contributed by atoms with Gasteiger partial charge >= 0.3 is 6.18 Å². The molecule has 0 aliphatic heterocycles. The Morgan fingerprint density at radius 3 is 1.85 bits per heavy atom. The van der Waals surface area contributed by atoms with Gasteiger partial charge < -0.3 is 0 Å². The molecule has 0 unspecified atom stereocenters. The average Bonchev–Trinajstić information content (AvgIpc) is 3.06. The molecular weight excluding hydrogens is 461 g/mol. The van der Waals surface area contributed by atoms with Gasteiger partial charge in [0.15, 0.2) is 0 Å². The van der Waals surface area contributed by atoms with Crippen LogP contribution in [0.15, 0.2) is 53.5 Å². The Morgan fingerprint density at radius 1 is 0.735 bits per heavy atom. The van der Waals surface area contributed by atoms with Crippen LogP contribution in [0, 0.1) is 37.3 Å². The van der Waals surface area contributed by atoms with Gasteiger partial charge in [0, 0.05) is 53.1 Å². The summed E-state index contributed by atoms with van der Waals surface area (Å²) < 4.78 is 41.7. The summed E-state index contributed by atoms with van der Waals surface area (Å²) in [5.74, 6) is 0. The van der Waals surface area contributed by atoms with Crippen molar-refractivity contribution >= 4 is 28.5 Å². The number of fused-ring (bicyclic) bond motifs is 3. The fraction of sp³-hybridized carbons (Fsp3) is 0.0952. The molecule has 34 heavy (non-hydrogen) atoms. The van der Waals surface area contributed by atoms with Crippen molar-refractivity contribution < 1.29 is 27.9 Å². The minimum Gasteiger partial charge on any atom is -0.258 e. The van der Waals surface area contributed by atoms with Gasteiger partial charge in [-0.05, 0) is 30.2 Å². The summed E-state index contributed by atoms with van der Waals surface area (Å²) in [4.78, 5) is 35.7. The lowest BCUT2D eigenvalue weighted by Gasteiger charge is -2.12. The SMILES string of the molecule is Cc1cc([N+](=O)[O-])ccc1N=C1c2cc([N+](=O)[O-])ccc2-c2c1cc([N+](=O)[O-])cc2C(F)(F)F. The van der Waals surface area contributed by atoms with E-state index >= 15 is 0 Å². The van der Waals surface area contributed by atoms with Crippen LogP contribution in [0.4, 0.5) is 35.9 Å². The van der Waals surface area contributed by atoms with Crippen LogP contribution in [-0.2, 0) is 6.18 Å². The van der Waals surface area contributed by atoms with E-state index < -0.39 is 37.9 Å². The number of aliphatic imine (C=N–C) groups is 1. The highest BCUT2D eigenvalue weighted by Gasteiger charge is 2.41. The molecule has 4 rings (SSSR count). The molecule has 0 heterocycles. The highest BCUT2D eigenvalue weighted by atomic mass is 19.4. The van der Waals surface area contributed by atoms with E-state index in [2.05, 4.69) is 4.99 Å². The number of nitro groups is 3. The topological polar surface area (TPSA) is 142 Å². The fourth-order valence-corrected chi connectivity index (χ4v) is 3.76. The van der Waals surface area contributed by atoms with Gasteiger partial charge in [0.25, 0.3) is 17.1 Å². The number of halogens is 3. The predicted molar refractivity (Wildman–Crippen MR) is 113 cm³/mol. The van der Waals surface area contributed by atoms with E-state index in [0.717, 1.165) is 30.3 Å². The monoisotopic (exact) mass is 472 g/mol. The van der Waals surface area contributed by atoms with Crippen LogP contribution in [-0.4, -0.2) is 20.5 Å². The molecule has 0 saturated heterocycles. The summed E-state index contributed by atoms with van der Waals surface area (Å²) in [7, 11) is 0. The summed E-state index contributed by atoms with van der Waals surface area (Å²) >= 11 is 0. The molecule has 13 heteroatoms. The van der Waals surface area contributed by atoms with Crippen molar-refractivity contribution in [2.45, 2.75) is 13.1 Å². The van der Waals surface area contributed by atoms with Gasteiger partial charge in [-0.15, -0.1) is 0 Å². The number of aryl methyl sites for hydroxylation is 1. The lowest BCUT2D eigenvalue weighted by molar-refractivity contribution is -0.385. The molecule has 0 radical (unpaired) electrons. The van der Waals surface area contributed by atoms with Crippen molar-refractivity contribution in [1.82, 2.24) is 0 Å². The van der Waals surface area contributed by atoms with Gasteiger partial charge in [-0.1, -0.05) is 0 Å².